The van der Waals surface area contributed by atoms with Crippen molar-refractivity contribution in [1.29, 1.82) is 0 Å². The van der Waals surface area contributed by atoms with Crippen molar-refractivity contribution >= 4 is 51.0 Å². The van der Waals surface area contributed by atoms with Gasteiger partial charge in [0.15, 0.2) is 0 Å². The highest BCUT2D eigenvalue weighted by Gasteiger charge is 2.09. The number of para-hydroxylation sites is 1. The summed E-state index contributed by atoms with van der Waals surface area (Å²) >= 11 is 3.92. The van der Waals surface area contributed by atoms with Crippen molar-refractivity contribution in [2.75, 3.05) is 67.4 Å². The number of aromatic nitrogens is 1. The van der Waals surface area contributed by atoms with E-state index in [2.05, 4.69) is 47.4 Å². The highest BCUT2D eigenvalue weighted by molar-refractivity contribution is 7.99. The summed E-state index contributed by atoms with van der Waals surface area (Å²) in [5, 5.41) is 2.40. The molecular weight excluding hydrogens is 400 g/mol. The molecule has 4 nitrogen and oxygen atoms in total. The quantitative estimate of drug-likeness (QED) is 0.523. The molecule has 6 heteroatoms. The summed E-state index contributed by atoms with van der Waals surface area (Å²) in [6, 6.07) is 17.3. The molecule has 0 bridgehead atoms. The highest BCUT2D eigenvalue weighted by atomic mass is 32.2. The number of hydrogen-bond acceptors (Lipinski definition) is 6. The SMILES string of the molecule is c1ccc2nc3ccc(N4CCSCCOCCOCCSCC4)cc3cc2c1. The van der Waals surface area contributed by atoms with Gasteiger partial charge in [-0.1, -0.05) is 18.2 Å². The van der Waals surface area contributed by atoms with Crippen LogP contribution in [0.2, 0.25) is 0 Å². The zero-order valence-electron chi connectivity index (χ0n) is 16.7. The van der Waals surface area contributed by atoms with Gasteiger partial charge >= 0.3 is 0 Å². The van der Waals surface area contributed by atoms with Gasteiger partial charge in [0, 0.05) is 52.6 Å². The maximum Gasteiger partial charge on any atom is 0.0711 e. The van der Waals surface area contributed by atoms with Crippen molar-refractivity contribution < 1.29 is 9.47 Å². The lowest BCUT2D eigenvalue weighted by Gasteiger charge is -2.25. The van der Waals surface area contributed by atoms with Crippen LogP contribution >= 0.6 is 23.5 Å². The van der Waals surface area contributed by atoms with E-state index in [1.165, 1.54) is 16.5 Å². The topological polar surface area (TPSA) is 34.6 Å². The monoisotopic (exact) mass is 428 g/mol. The fraction of sp³-hybridized carbons (Fsp3) is 0.435. The minimum Gasteiger partial charge on any atom is -0.378 e. The fourth-order valence-electron chi connectivity index (χ4n) is 3.45. The Morgan fingerprint density at radius 2 is 1.38 bits per heavy atom. The van der Waals surface area contributed by atoms with Crippen LogP contribution in [-0.2, 0) is 9.47 Å². The number of fused-ring (bicyclic) bond motifs is 2. The molecule has 2 heterocycles. The molecular formula is C23H28N2O2S2. The number of anilines is 1. The van der Waals surface area contributed by atoms with Gasteiger partial charge < -0.3 is 14.4 Å². The smallest absolute Gasteiger partial charge is 0.0711 e. The van der Waals surface area contributed by atoms with Gasteiger partial charge in [0.1, 0.15) is 0 Å². The first-order valence-electron chi connectivity index (χ1n) is 10.3. The summed E-state index contributed by atoms with van der Waals surface area (Å²) in [7, 11) is 0. The Kier molecular flexibility index (Phi) is 7.93. The number of ether oxygens (including phenoxy) is 2. The lowest BCUT2D eigenvalue weighted by molar-refractivity contribution is 0.0605. The van der Waals surface area contributed by atoms with Crippen LogP contribution in [0, 0.1) is 0 Å². The minimum atomic E-state index is 0.706. The molecule has 2 aromatic carbocycles. The summed E-state index contributed by atoms with van der Waals surface area (Å²) in [5.41, 5.74) is 3.40. The van der Waals surface area contributed by atoms with E-state index >= 15 is 0 Å². The van der Waals surface area contributed by atoms with Gasteiger partial charge in [-0.2, -0.15) is 23.5 Å². The molecule has 1 aliphatic heterocycles. The average molecular weight is 429 g/mol. The van der Waals surface area contributed by atoms with Crippen molar-refractivity contribution in [2.45, 2.75) is 0 Å². The second-order valence-electron chi connectivity index (χ2n) is 6.99. The lowest BCUT2D eigenvalue weighted by atomic mass is 10.1. The molecule has 0 atom stereocenters. The average Bonchev–Trinajstić information content (AvgIpc) is 2.76. The molecule has 0 amide bonds. The van der Waals surface area contributed by atoms with Crippen LogP contribution in [-0.4, -0.2) is 67.5 Å². The summed E-state index contributed by atoms with van der Waals surface area (Å²) in [4.78, 5) is 7.33. The van der Waals surface area contributed by atoms with E-state index in [0.29, 0.717) is 13.2 Å². The van der Waals surface area contributed by atoms with Crippen LogP contribution in [0.1, 0.15) is 0 Å². The van der Waals surface area contributed by atoms with Crippen LogP contribution in [0.15, 0.2) is 48.5 Å². The maximum atomic E-state index is 5.63. The third kappa shape index (κ3) is 6.01. The summed E-state index contributed by atoms with van der Waals surface area (Å²) < 4.78 is 11.3. The molecule has 0 N–H and O–H groups in total. The standard InChI is InChI=1S/C23H28N2O2S2/c1-2-4-22-19(3-1)17-20-18-21(5-6-23(20)24-22)25-7-13-28-15-11-26-9-10-27-12-16-29-14-8-25/h1-6,17-18H,7-16H2. The zero-order valence-corrected chi connectivity index (χ0v) is 18.4. The zero-order chi connectivity index (χ0) is 19.7. The first-order chi connectivity index (χ1) is 14.4. The lowest BCUT2D eigenvalue weighted by Crippen LogP contribution is -2.28. The molecule has 1 aliphatic rings. The van der Waals surface area contributed by atoms with Crippen LogP contribution in [0.3, 0.4) is 0 Å². The van der Waals surface area contributed by atoms with Gasteiger partial charge in [-0.05, 0) is 30.3 Å². The van der Waals surface area contributed by atoms with Crippen LogP contribution in [0.4, 0.5) is 5.69 Å². The Morgan fingerprint density at radius 1 is 0.690 bits per heavy atom. The van der Waals surface area contributed by atoms with Crippen molar-refractivity contribution in [1.82, 2.24) is 4.98 Å². The van der Waals surface area contributed by atoms with Crippen LogP contribution in [0.25, 0.3) is 21.8 Å². The van der Waals surface area contributed by atoms with Crippen molar-refractivity contribution in [3.63, 3.8) is 0 Å². The van der Waals surface area contributed by atoms with Crippen LogP contribution in [0.5, 0.6) is 0 Å². The van der Waals surface area contributed by atoms with E-state index in [0.717, 1.165) is 60.3 Å². The minimum absolute atomic E-state index is 0.706. The first kappa shape index (κ1) is 20.8. The molecule has 1 fully saturated rings. The molecule has 0 radical (unpaired) electrons. The number of rotatable bonds is 1. The molecule has 0 saturated carbocycles. The van der Waals surface area contributed by atoms with E-state index in [4.69, 9.17) is 14.5 Å². The van der Waals surface area contributed by atoms with Gasteiger partial charge in [-0.3, -0.25) is 0 Å². The summed E-state index contributed by atoms with van der Waals surface area (Å²) in [6.45, 7) is 5.12. The predicted octanol–water partition coefficient (Wildman–Crippen LogP) is 4.71. The molecule has 154 valence electrons. The molecule has 1 saturated heterocycles. The van der Waals surface area contributed by atoms with Crippen molar-refractivity contribution in [3.8, 4) is 0 Å². The van der Waals surface area contributed by atoms with E-state index in [9.17, 15) is 0 Å². The number of nitrogens with zero attached hydrogens (tertiary/aromatic N) is 2. The van der Waals surface area contributed by atoms with E-state index < -0.39 is 0 Å². The predicted molar refractivity (Wildman–Crippen MR) is 128 cm³/mol. The Hall–Kier alpha value is -1.47. The molecule has 4 rings (SSSR count). The Morgan fingerprint density at radius 3 is 2.14 bits per heavy atom. The number of hydrogen-bond donors (Lipinski definition) is 0. The van der Waals surface area contributed by atoms with Gasteiger partial charge in [-0.25, -0.2) is 4.98 Å². The molecule has 1 aromatic heterocycles. The van der Waals surface area contributed by atoms with E-state index in [-0.39, 0.29) is 0 Å². The van der Waals surface area contributed by atoms with Gasteiger partial charge in [-0.15, -0.1) is 0 Å². The fourth-order valence-corrected chi connectivity index (χ4v) is 5.02. The third-order valence-corrected chi connectivity index (χ3v) is 6.85. The van der Waals surface area contributed by atoms with Crippen molar-refractivity contribution in [2.24, 2.45) is 0 Å². The summed E-state index contributed by atoms with van der Waals surface area (Å²) in [6.07, 6.45) is 0. The second kappa shape index (κ2) is 11.1. The highest BCUT2D eigenvalue weighted by Crippen LogP contribution is 2.25. The number of thioether (sulfide) groups is 2. The van der Waals surface area contributed by atoms with E-state index in [1.54, 1.807) is 0 Å². The molecule has 0 spiro atoms. The normalized spacial score (nSPS) is 18.4. The Balaban J connectivity index is 1.50. The Labute approximate surface area is 181 Å². The van der Waals surface area contributed by atoms with Gasteiger partial charge in [0.05, 0.1) is 37.5 Å². The molecule has 0 unspecified atom stereocenters. The third-order valence-electron chi connectivity index (χ3n) is 4.99. The molecule has 3 aromatic rings. The number of benzene rings is 2. The van der Waals surface area contributed by atoms with Crippen molar-refractivity contribution in [3.05, 3.63) is 48.5 Å². The first-order valence-corrected chi connectivity index (χ1v) is 12.6. The van der Waals surface area contributed by atoms with Crippen LogP contribution < -0.4 is 4.90 Å². The maximum absolute atomic E-state index is 5.63. The molecule has 29 heavy (non-hydrogen) atoms. The molecule has 0 aliphatic carbocycles. The second-order valence-corrected chi connectivity index (χ2v) is 9.44. The summed E-state index contributed by atoms with van der Waals surface area (Å²) in [5.74, 6) is 4.30. The van der Waals surface area contributed by atoms with Gasteiger partial charge in [0.25, 0.3) is 0 Å². The number of pyridine rings is 1. The largest absolute Gasteiger partial charge is 0.378 e. The van der Waals surface area contributed by atoms with Gasteiger partial charge in [0.2, 0.25) is 0 Å². The Bertz CT molecular complexity index is 906. The van der Waals surface area contributed by atoms with E-state index in [1.807, 2.05) is 29.6 Å².